The van der Waals surface area contributed by atoms with Crippen molar-refractivity contribution in [3.8, 4) is 0 Å². The number of aromatic nitrogens is 3. The molecule has 0 aromatic carbocycles. The summed E-state index contributed by atoms with van der Waals surface area (Å²) >= 11 is 0. The molecule has 0 amide bonds. The van der Waals surface area contributed by atoms with Crippen molar-refractivity contribution < 1.29 is 0 Å². The molecule has 1 N–H and O–H groups in total. The van der Waals surface area contributed by atoms with Crippen LogP contribution in [0.5, 0.6) is 0 Å². The van der Waals surface area contributed by atoms with Crippen molar-refractivity contribution in [1.29, 1.82) is 0 Å². The molecule has 0 atom stereocenters. The molecule has 19 heavy (non-hydrogen) atoms. The van der Waals surface area contributed by atoms with E-state index in [1.54, 1.807) is 4.52 Å². The topological polar surface area (TPSA) is 45.5 Å². The Bertz CT molecular complexity index is 532. The van der Waals surface area contributed by atoms with Crippen molar-refractivity contribution >= 4 is 11.6 Å². The number of nitrogens with zero attached hydrogens (tertiary/aromatic N) is 4. The maximum atomic E-state index is 4.45. The zero-order chi connectivity index (χ0) is 13.8. The van der Waals surface area contributed by atoms with Crippen LogP contribution >= 0.6 is 0 Å². The number of hydrogen-bond acceptors (Lipinski definition) is 4. The summed E-state index contributed by atoms with van der Waals surface area (Å²) in [7, 11) is 2.15. The van der Waals surface area contributed by atoms with Gasteiger partial charge in [0, 0.05) is 18.8 Å². The van der Waals surface area contributed by atoms with Crippen molar-refractivity contribution in [3.63, 3.8) is 0 Å². The highest BCUT2D eigenvalue weighted by molar-refractivity contribution is 5.45. The van der Waals surface area contributed by atoms with Gasteiger partial charge in [-0.25, -0.2) is 4.52 Å². The van der Waals surface area contributed by atoms with Crippen molar-refractivity contribution in [2.45, 2.75) is 33.2 Å². The molecule has 2 aromatic heterocycles. The monoisotopic (exact) mass is 261 g/mol. The van der Waals surface area contributed by atoms with Crippen molar-refractivity contribution in [2.75, 3.05) is 25.5 Å². The van der Waals surface area contributed by atoms with E-state index in [2.05, 4.69) is 48.1 Å². The fraction of sp³-hybridized carbons (Fsp3) is 0.571. The molecule has 0 saturated heterocycles. The van der Waals surface area contributed by atoms with Gasteiger partial charge in [0.2, 0.25) is 5.95 Å². The average molecular weight is 261 g/mol. The number of anilines is 1. The summed E-state index contributed by atoms with van der Waals surface area (Å²) in [5.41, 5.74) is 2.09. The summed E-state index contributed by atoms with van der Waals surface area (Å²) in [6.45, 7) is 8.45. The highest BCUT2D eigenvalue weighted by atomic mass is 15.3. The molecule has 0 saturated carbocycles. The largest absolute Gasteiger partial charge is 0.353 e. The molecule has 2 heterocycles. The van der Waals surface area contributed by atoms with Crippen LogP contribution in [-0.2, 0) is 0 Å². The molecule has 0 aliphatic rings. The van der Waals surface area contributed by atoms with Crippen molar-refractivity contribution in [3.05, 3.63) is 23.9 Å². The van der Waals surface area contributed by atoms with Crippen LogP contribution < -0.4 is 5.32 Å². The predicted molar refractivity (Wildman–Crippen MR) is 78.6 cm³/mol. The molecule has 5 heteroatoms. The molecule has 104 valence electrons. The van der Waals surface area contributed by atoms with Gasteiger partial charge in [-0.15, -0.1) is 5.10 Å². The molecule has 5 nitrogen and oxygen atoms in total. The fourth-order valence-electron chi connectivity index (χ4n) is 1.85. The molecular formula is C14H23N5. The minimum absolute atomic E-state index is 0.594. The quantitative estimate of drug-likeness (QED) is 0.810. The number of aryl methyl sites for hydroxylation is 1. The summed E-state index contributed by atoms with van der Waals surface area (Å²) in [4.78, 5) is 6.79. The Kier molecular flexibility index (Phi) is 4.37. The second kappa shape index (κ2) is 6.02. The van der Waals surface area contributed by atoms with Crippen LogP contribution in [0.4, 0.5) is 5.95 Å². The summed E-state index contributed by atoms with van der Waals surface area (Å²) in [5.74, 6) is 0.706. The molecule has 0 radical (unpaired) electrons. The molecule has 2 rings (SSSR count). The van der Waals surface area contributed by atoms with E-state index in [1.807, 2.05) is 18.3 Å². The third kappa shape index (κ3) is 3.67. The zero-order valence-corrected chi connectivity index (χ0v) is 12.2. The highest BCUT2D eigenvalue weighted by Gasteiger charge is 2.04. The van der Waals surface area contributed by atoms with E-state index in [0.717, 1.165) is 25.2 Å². The Hall–Kier alpha value is -1.62. The fourth-order valence-corrected chi connectivity index (χ4v) is 1.85. The van der Waals surface area contributed by atoms with Crippen LogP contribution in [0.25, 0.3) is 5.65 Å². The van der Waals surface area contributed by atoms with E-state index in [9.17, 15) is 0 Å². The second-order valence-electron chi connectivity index (χ2n) is 5.30. The Morgan fingerprint density at radius 1 is 1.42 bits per heavy atom. The Morgan fingerprint density at radius 2 is 2.21 bits per heavy atom. The normalized spacial score (nSPS) is 11.7. The third-order valence-corrected chi connectivity index (χ3v) is 3.35. The number of fused-ring (bicyclic) bond motifs is 1. The standard InChI is InChI=1S/C14H23N5/c1-11(2)18(4)8-5-7-15-14-16-13-10-12(3)6-9-19(13)17-14/h6,9-11H,5,7-8H2,1-4H3,(H,15,17). The predicted octanol–water partition coefficient (Wildman–Crippen LogP) is 2.18. The summed E-state index contributed by atoms with van der Waals surface area (Å²) in [6, 6.07) is 4.66. The van der Waals surface area contributed by atoms with Gasteiger partial charge in [-0.3, -0.25) is 0 Å². The Morgan fingerprint density at radius 3 is 2.95 bits per heavy atom. The van der Waals surface area contributed by atoms with Crippen LogP contribution in [0.3, 0.4) is 0 Å². The maximum Gasteiger partial charge on any atom is 0.243 e. The van der Waals surface area contributed by atoms with Crippen LogP contribution in [0.2, 0.25) is 0 Å². The third-order valence-electron chi connectivity index (χ3n) is 3.35. The van der Waals surface area contributed by atoms with E-state index in [0.29, 0.717) is 12.0 Å². The van der Waals surface area contributed by atoms with Gasteiger partial charge in [0.1, 0.15) is 0 Å². The molecule has 2 aromatic rings. The first kappa shape index (κ1) is 13.8. The lowest BCUT2D eigenvalue weighted by Gasteiger charge is -2.20. The van der Waals surface area contributed by atoms with E-state index < -0.39 is 0 Å². The maximum absolute atomic E-state index is 4.45. The van der Waals surface area contributed by atoms with Gasteiger partial charge in [-0.1, -0.05) is 0 Å². The van der Waals surface area contributed by atoms with Crippen LogP contribution in [0, 0.1) is 6.92 Å². The molecule has 0 fully saturated rings. The first-order chi connectivity index (χ1) is 9.06. The summed E-state index contributed by atoms with van der Waals surface area (Å²) < 4.78 is 1.80. The average Bonchev–Trinajstić information content (AvgIpc) is 2.75. The number of pyridine rings is 1. The minimum Gasteiger partial charge on any atom is -0.353 e. The van der Waals surface area contributed by atoms with Gasteiger partial charge in [0.25, 0.3) is 0 Å². The van der Waals surface area contributed by atoms with Crippen LogP contribution in [0.15, 0.2) is 18.3 Å². The second-order valence-corrected chi connectivity index (χ2v) is 5.30. The van der Waals surface area contributed by atoms with E-state index in [-0.39, 0.29) is 0 Å². The van der Waals surface area contributed by atoms with E-state index in [4.69, 9.17) is 0 Å². The molecule has 0 aliphatic carbocycles. The van der Waals surface area contributed by atoms with Gasteiger partial charge < -0.3 is 10.2 Å². The van der Waals surface area contributed by atoms with Crippen molar-refractivity contribution in [1.82, 2.24) is 19.5 Å². The highest BCUT2D eigenvalue weighted by Crippen LogP contribution is 2.07. The number of rotatable bonds is 6. The van der Waals surface area contributed by atoms with Crippen LogP contribution in [0.1, 0.15) is 25.8 Å². The van der Waals surface area contributed by atoms with Gasteiger partial charge in [0.15, 0.2) is 5.65 Å². The minimum atomic E-state index is 0.594. The van der Waals surface area contributed by atoms with Gasteiger partial charge in [-0.05, 0) is 58.5 Å². The Labute approximate surface area is 114 Å². The first-order valence-corrected chi connectivity index (χ1v) is 6.83. The van der Waals surface area contributed by atoms with Crippen LogP contribution in [-0.4, -0.2) is 45.7 Å². The SMILES string of the molecule is Cc1ccn2nc(NCCCN(C)C(C)C)nc2c1. The Balaban J connectivity index is 1.85. The molecule has 0 spiro atoms. The van der Waals surface area contributed by atoms with Crippen molar-refractivity contribution in [2.24, 2.45) is 0 Å². The summed E-state index contributed by atoms with van der Waals surface area (Å²) in [6.07, 6.45) is 3.03. The smallest absolute Gasteiger partial charge is 0.243 e. The van der Waals surface area contributed by atoms with Gasteiger partial charge in [0.05, 0.1) is 0 Å². The summed E-state index contributed by atoms with van der Waals surface area (Å²) in [5, 5.41) is 7.66. The number of nitrogens with one attached hydrogen (secondary N) is 1. The molecule has 0 bridgehead atoms. The lowest BCUT2D eigenvalue weighted by Crippen LogP contribution is -2.28. The lowest BCUT2D eigenvalue weighted by atomic mass is 10.3. The zero-order valence-electron chi connectivity index (χ0n) is 12.2. The first-order valence-electron chi connectivity index (χ1n) is 6.83. The van der Waals surface area contributed by atoms with E-state index >= 15 is 0 Å². The number of hydrogen-bond donors (Lipinski definition) is 1. The molecular weight excluding hydrogens is 238 g/mol. The molecule has 0 unspecified atom stereocenters. The van der Waals surface area contributed by atoms with E-state index in [1.165, 1.54) is 5.56 Å². The lowest BCUT2D eigenvalue weighted by molar-refractivity contribution is 0.273. The molecule has 0 aliphatic heterocycles. The van der Waals surface area contributed by atoms with Gasteiger partial charge in [-0.2, -0.15) is 4.98 Å². The van der Waals surface area contributed by atoms with Gasteiger partial charge >= 0.3 is 0 Å².